The molecule has 108 valence electrons. The predicted octanol–water partition coefficient (Wildman–Crippen LogP) is 4.17. The Kier molecular flexibility index (Phi) is 5.04. The minimum atomic E-state index is 0.187. The van der Waals surface area contributed by atoms with Gasteiger partial charge in [0.2, 0.25) is 0 Å². The van der Waals surface area contributed by atoms with Crippen molar-refractivity contribution in [2.75, 3.05) is 13.2 Å². The van der Waals surface area contributed by atoms with E-state index in [1.807, 2.05) is 11.3 Å². The molecule has 0 radical (unpaired) electrons. The first kappa shape index (κ1) is 15.0. The van der Waals surface area contributed by atoms with E-state index in [4.69, 9.17) is 4.74 Å². The number of hydrogen-bond acceptors (Lipinski definition) is 3. The van der Waals surface area contributed by atoms with Crippen molar-refractivity contribution < 1.29 is 4.74 Å². The van der Waals surface area contributed by atoms with Crippen molar-refractivity contribution in [2.24, 2.45) is 5.92 Å². The van der Waals surface area contributed by atoms with Crippen LogP contribution in [0, 0.1) is 5.92 Å². The summed E-state index contributed by atoms with van der Waals surface area (Å²) in [7, 11) is 0. The highest BCUT2D eigenvalue weighted by Crippen LogP contribution is 2.37. The molecule has 2 nitrogen and oxygen atoms in total. The molecule has 1 aromatic rings. The van der Waals surface area contributed by atoms with Crippen LogP contribution >= 0.6 is 11.3 Å². The molecule has 0 amide bonds. The molecule has 3 heteroatoms. The molecule has 1 aliphatic rings. The Morgan fingerprint density at radius 2 is 2.16 bits per heavy atom. The second-order valence-corrected chi connectivity index (χ2v) is 7.68. The number of nitrogens with one attached hydrogen (secondary N) is 1. The highest BCUT2D eigenvalue weighted by atomic mass is 32.1. The standard InChI is InChI=1S/C16H27NOS/c1-5-13-8-9-14(19-13)15-12(7-6-10-18-15)11-17-16(2,3)4/h8-9,12,15,17H,5-7,10-11H2,1-4H3. The van der Waals surface area contributed by atoms with Gasteiger partial charge in [-0.05, 0) is 52.2 Å². The molecule has 1 aromatic heterocycles. The van der Waals surface area contributed by atoms with Crippen LogP contribution in [-0.4, -0.2) is 18.7 Å². The lowest BCUT2D eigenvalue weighted by Crippen LogP contribution is -2.41. The number of rotatable bonds is 4. The molecule has 0 saturated carbocycles. The molecule has 1 saturated heterocycles. The molecule has 0 bridgehead atoms. The topological polar surface area (TPSA) is 21.3 Å². The van der Waals surface area contributed by atoms with E-state index in [9.17, 15) is 0 Å². The Bertz CT molecular complexity index is 394. The monoisotopic (exact) mass is 281 g/mol. The van der Waals surface area contributed by atoms with E-state index < -0.39 is 0 Å². The quantitative estimate of drug-likeness (QED) is 0.894. The van der Waals surface area contributed by atoms with Gasteiger partial charge in [0.1, 0.15) is 0 Å². The zero-order valence-corrected chi connectivity index (χ0v) is 13.5. The van der Waals surface area contributed by atoms with Gasteiger partial charge in [-0.3, -0.25) is 0 Å². The van der Waals surface area contributed by atoms with Gasteiger partial charge in [0, 0.05) is 34.4 Å². The van der Waals surface area contributed by atoms with Crippen molar-refractivity contribution in [2.45, 2.75) is 58.6 Å². The van der Waals surface area contributed by atoms with Gasteiger partial charge in [0.25, 0.3) is 0 Å². The van der Waals surface area contributed by atoms with Gasteiger partial charge in [0.05, 0.1) is 6.10 Å². The van der Waals surface area contributed by atoms with Crippen LogP contribution in [0.15, 0.2) is 12.1 Å². The molecule has 1 fully saturated rings. The lowest BCUT2D eigenvalue weighted by atomic mass is 9.92. The normalized spacial score (nSPS) is 24.6. The van der Waals surface area contributed by atoms with Crippen molar-refractivity contribution >= 4 is 11.3 Å². The van der Waals surface area contributed by atoms with Crippen molar-refractivity contribution in [1.82, 2.24) is 5.32 Å². The van der Waals surface area contributed by atoms with Gasteiger partial charge >= 0.3 is 0 Å². The molecule has 1 aliphatic heterocycles. The first-order valence-electron chi connectivity index (χ1n) is 7.45. The third-order valence-corrected chi connectivity index (χ3v) is 4.94. The van der Waals surface area contributed by atoms with Crippen LogP contribution in [0.5, 0.6) is 0 Å². The fourth-order valence-corrected chi connectivity index (χ4v) is 3.64. The summed E-state index contributed by atoms with van der Waals surface area (Å²) in [6.45, 7) is 10.9. The lowest BCUT2D eigenvalue weighted by Gasteiger charge is -2.33. The van der Waals surface area contributed by atoms with Crippen LogP contribution in [0.3, 0.4) is 0 Å². The molecule has 2 heterocycles. The Morgan fingerprint density at radius 3 is 2.79 bits per heavy atom. The summed E-state index contributed by atoms with van der Waals surface area (Å²) >= 11 is 1.92. The zero-order valence-electron chi connectivity index (χ0n) is 12.7. The molecule has 0 aromatic carbocycles. The van der Waals surface area contributed by atoms with Gasteiger partial charge < -0.3 is 10.1 Å². The van der Waals surface area contributed by atoms with Crippen molar-refractivity contribution in [3.8, 4) is 0 Å². The van der Waals surface area contributed by atoms with E-state index >= 15 is 0 Å². The van der Waals surface area contributed by atoms with E-state index in [0.717, 1.165) is 19.6 Å². The molecule has 2 rings (SSSR count). The highest BCUT2D eigenvalue weighted by molar-refractivity contribution is 7.12. The maximum Gasteiger partial charge on any atom is 0.0956 e. The van der Waals surface area contributed by atoms with Crippen molar-refractivity contribution in [1.29, 1.82) is 0 Å². The number of aryl methyl sites for hydroxylation is 1. The van der Waals surface area contributed by atoms with E-state index in [-0.39, 0.29) is 5.54 Å². The smallest absolute Gasteiger partial charge is 0.0956 e. The van der Waals surface area contributed by atoms with Crippen LogP contribution in [-0.2, 0) is 11.2 Å². The minimum Gasteiger partial charge on any atom is -0.372 e. The molecule has 0 spiro atoms. The van der Waals surface area contributed by atoms with E-state index in [0.29, 0.717) is 12.0 Å². The van der Waals surface area contributed by atoms with Crippen LogP contribution < -0.4 is 5.32 Å². The number of ether oxygens (including phenoxy) is 1. The molecular formula is C16H27NOS. The Labute approximate surface area is 121 Å². The average Bonchev–Trinajstić information content (AvgIpc) is 2.84. The minimum absolute atomic E-state index is 0.187. The molecule has 0 aliphatic carbocycles. The fraction of sp³-hybridized carbons (Fsp3) is 0.750. The summed E-state index contributed by atoms with van der Waals surface area (Å²) in [5.41, 5.74) is 0.187. The van der Waals surface area contributed by atoms with Crippen LogP contribution in [0.2, 0.25) is 0 Å². The van der Waals surface area contributed by atoms with Gasteiger partial charge in [0.15, 0.2) is 0 Å². The Hall–Kier alpha value is -0.380. The van der Waals surface area contributed by atoms with Gasteiger partial charge in [-0.2, -0.15) is 0 Å². The van der Waals surface area contributed by atoms with E-state index in [2.05, 4.69) is 45.1 Å². The molecule has 1 N–H and O–H groups in total. The maximum absolute atomic E-state index is 6.07. The lowest BCUT2D eigenvalue weighted by molar-refractivity contribution is -0.0271. The Balaban J connectivity index is 2.03. The third kappa shape index (κ3) is 4.30. The predicted molar refractivity (Wildman–Crippen MR) is 82.9 cm³/mol. The molecule has 19 heavy (non-hydrogen) atoms. The maximum atomic E-state index is 6.07. The van der Waals surface area contributed by atoms with Gasteiger partial charge in [-0.25, -0.2) is 0 Å². The average molecular weight is 281 g/mol. The fourth-order valence-electron chi connectivity index (χ4n) is 2.54. The highest BCUT2D eigenvalue weighted by Gasteiger charge is 2.29. The summed E-state index contributed by atoms with van der Waals surface area (Å²) in [5.74, 6) is 0.608. The SMILES string of the molecule is CCc1ccc(C2OCCCC2CNC(C)(C)C)s1. The third-order valence-electron chi connectivity index (χ3n) is 3.65. The van der Waals surface area contributed by atoms with Gasteiger partial charge in [-0.1, -0.05) is 6.92 Å². The van der Waals surface area contributed by atoms with Crippen molar-refractivity contribution in [3.05, 3.63) is 21.9 Å². The Morgan fingerprint density at radius 1 is 1.37 bits per heavy atom. The van der Waals surface area contributed by atoms with Crippen LogP contribution in [0.4, 0.5) is 0 Å². The summed E-state index contributed by atoms with van der Waals surface area (Å²) in [4.78, 5) is 2.88. The first-order valence-corrected chi connectivity index (χ1v) is 8.26. The molecular weight excluding hydrogens is 254 g/mol. The number of hydrogen-bond donors (Lipinski definition) is 1. The molecule has 2 atom stereocenters. The van der Waals surface area contributed by atoms with E-state index in [1.165, 1.54) is 22.6 Å². The van der Waals surface area contributed by atoms with Crippen LogP contribution in [0.25, 0.3) is 0 Å². The van der Waals surface area contributed by atoms with Gasteiger partial charge in [-0.15, -0.1) is 11.3 Å². The summed E-state index contributed by atoms with van der Waals surface area (Å²) in [5, 5.41) is 3.64. The second-order valence-electron chi connectivity index (χ2n) is 6.48. The first-order chi connectivity index (χ1) is 8.99. The molecule has 2 unspecified atom stereocenters. The summed E-state index contributed by atoms with van der Waals surface area (Å²) < 4.78 is 6.07. The van der Waals surface area contributed by atoms with E-state index in [1.54, 1.807) is 0 Å². The zero-order chi connectivity index (χ0) is 13.9. The number of thiophene rings is 1. The second kappa shape index (κ2) is 6.38. The summed E-state index contributed by atoms with van der Waals surface area (Å²) in [6, 6.07) is 4.52. The van der Waals surface area contributed by atoms with Crippen LogP contribution in [0.1, 0.15) is 56.4 Å². The van der Waals surface area contributed by atoms with Crippen molar-refractivity contribution in [3.63, 3.8) is 0 Å². The summed E-state index contributed by atoms with van der Waals surface area (Å²) in [6.07, 6.45) is 3.89. The largest absolute Gasteiger partial charge is 0.372 e.